The first-order valence-corrected chi connectivity index (χ1v) is 6.46. The first-order valence-electron chi connectivity index (χ1n) is 6.46. The van der Waals surface area contributed by atoms with Crippen molar-refractivity contribution in [2.75, 3.05) is 26.7 Å². The van der Waals surface area contributed by atoms with Gasteiger partial charge in [-0.2, -0.15) is 13.2 Å². The molecule has 1 atom stereocenters. The molecule has 0 fully saturated rings. The van der Waals surface area contributed by atoms with Gasteiger partial charge in [-0.25, -0.2) is 0 Å². The molecule has 5 heteroatoms. The Morgan fingerprint density at radius 3 is 2.37 bits per heavy atom. The van der Waals surface area contributed by atoms with E-state index in [1.54, 1.807) is 11.9 Å². The normalized spacial score (nSPS) is 13.8. The van der Waals surface area contributed by atoms with Crippen molar-refractivity contribution in [1.82, 2.24) is 10.2 Å². The van der Waals surface area contributed by atoms with Gasteiger partial charge >= 0.3 is 6.18 Å². The van der Waals surface area contributed by atoms with E-state index in [0.29, 0.717) is 6.54 Å². The van der Waals surface area contributed by atoms with Crippen LogP contribution >= 0.6 is 0 Å². The maximum absolute atomic E-state index is 12.3. The number of nitrogens with one attached hydrogen (secondary N) is 1. The minimum absolute atomic E-state index is 0.00839. The summed E-state index contributed by atoms with van der Waals surface area (Å²) in [5.41, 5.74) is 1.04. The Morgan fingerprint density at radius 1 is 1.21 bits per heavy atom. The maximum atomic E-state index is 12.3. The smallest absolute Gasteiger partial charge is 0.315 e. The highest BCUT2D eigenvalue weighted by atomic mass is 19.4. The Labute approximate surface area is 112 Å². The Balaban J connectivity index is 2.68. The first kappa shape index (κ1) is 16.0. The molecule has 0 aliphatic rings. The van der Waals surface area contributed by atoms with E-state index in [0.717, 1.165) is 12.1 Å². The SMILES string of the molecule is CCNCC(c1ccccc1)N(C)CCC(F)(F)F. The van der Waals surface area contributed by atoms with Gasteiger partial charge in [0.15, 0.2) is 0 Å². The van der Waals surface area contributed by atoms with Crippen LogP contribution in [0.15, 0.2) is 30.3 Å². The molecule has 2 nitrogen and oxygen atoms in total. The van der Waals surface area contributed by atoms with Gasteiger partial charge in [-0.05, 0) is 19.2 Å². The highest BCUT2D eigenvalue weighted by Crippen LogP contribution is 2.23. The van der Waals surface area contributed by atoms with E-state index < -0.39 is 12.6 Å². The molecule has 1 rings (SSSR count). The third-order valence-corrected chi connectivity index (χ3v) is 3.05. The van der Waals surface area contributed by atoms with Crippen molar-refractivity contribution >= 4 is 0 Å². The van der Waals surface area contributed by atoms with E-state index in [1.165, 1.54) is 0 Å². The average molecular weight is 274 g/mol. The summed E-state index contributed by atoms with van der Waals surface area (Å²) in [4.78, 5) is 1.76. The molecule has 0 heterocycles. The third-order valence-electron chi connectivity index (χ3n) is 3.05. The molecule has 1 unspecified atom stereocenters. The van der Waals surface area contributed by atoms with Gasteiger partial charge in [-0.1, -0.05) is 37.3 Å². The number of benzene rings is 1. The average Bonchev–Trinajstić information content (AvgIpc) is 2.37. The van der Waals surface area contributed by atoms with Crippen LogP contribution in [0.1, 0.15) is 24.9 Å². The summed E-state index contributed by atoms with van der Waals surface area (Å²) in [6.45, 7) is 3.44. The highest BCUT2D eigenvalue weighted by Gasteiger charge is 2.28. The molecule has 0 saturated heterocycles. The molecule has 0 aliphatic heterocycles. The number of hydrogen-bond acceptors (Lipinski definition) is 2. The lowest BCUT2D eigenvalue weighted by Gasteiger charge is -2.29. The van der Waals surface area contributed by atoms with Gasteiger partial charge in [-0.3, -0.25) is 4.90 Å². The standard InChI is InChI=1S/C14H21F3N2/c1-3-18-11-13(12-7-5-4-6-8-12)19(2)10-9-14(15,16)17/h4-8,13,18H,3,9-11H2,1-2H3. The zero-order valence-electron chi connectivity index (χ0n) is 11.4. The van der Waals surface area contributed by atoms with E-state index in [-0.39, 0.29) is 12.6 Å². The Hall–Kier alpha value is -1.07. The van der Waals surface area contributed by atoms with Crippen LogP contribution in [0, 0.1) is 0 Å². The van der Waals surface area contributed by atoms with Crippen LogP contribution in [0.4, 0.5) is 13.2 Å². The van der Waals surface area contributed by atoms with E-state index in [1.807, 2.05) is 37.3 Å². The Morgan fingerprint density at radius 2 is 1.84 bits per heavy atom. The van der Waals surface area contributed by atoms with Crippen LogP contribution in [0.2, 0.25) is 0 Å². The van der Waals surface area contributed by atoms with E-state index in [2.05, 4.69) is 5.32 Å². The summed E-state index contributed by atoms with van der Waals surface area (Å²) in [6.07, 6.45) is -4.88. The molecule has 0 aliphatic carbocycles. The molecule has 1 aromatic rings. The second kappa shape index (κ2) is 7.50. The van der Waals surface area contributed by atoms with E-state index in [9.17, 15) is 13.2 Å². The highest BCUT2D eigenvalue weighted by molar-refractivity contribution is 5.19. The second-order valence-corrected chi connectivity index (χ2v) is 4.58. The Bertz CT molecular complexity index is 351. The molecule has 1 N–H and O–H groups in total. The summed E-state index contributed by atoms with van der Waals surface area (Å²) in [6, 6.07) is 9.59. The first-order chi connectivity index (χ1) is 8.94. The van der Waals surface area contributed by atoms with Crippen molar-refractivity contribution in [3.63, 3.8) is 0 Å². The van der Waals surface area contributed by atoms with Gasteiger partial charge in [0, 0.05) is 19.1 Å². The fourth-order valence-corrected chi connectivity index (χ4v) is 1.94. The molecule has 0 bridgehead atoms. The molecular weight excluding hydrogens is 253 g/mol. The van der Waals surface area contributed by atoms with Crippen LogP contribution < -0.4 is 5.32 Å². The molecule has 108 valence electrons. The van der Waals surface area contributed by atoms with E-state index in [4.69, 9.17) is 0 Å². The van der Waals surface area contributed by atoms with Gasteiger partial charge in [0.05, 0.1) is 6.42 Å². The number of rotatable bonds is 7. The fraction of sp³-hybridized carbons (Fsp3) is 0.571. The zero-order chi connectivity index (χ0) is 14.3. The number of halogens is 3. The molecule has 0 amide bonds. The van der Waals surface area contributed by atoms with Gasteiger partial charge in [0.25, 0.3) is 0 Å². The molecule has 0 aromatic heterocycles. The van der Waals surface area contributed by atoms with Crippen molar-refractivity contribution in [2.45, 2.75) is 25.6 Å². The molecule has 0 spiro atoms. The van der Waals surface area contributed by atoms with Crippen LogP contribution in [0.3, 0.4) is 0 Å². The molecule has 0 saturated carbocycles. The largest absolute Gasteiger partial charge is 0.390 e. The summed E-state index contributed by atoms with van der Waals surface area (Å²) in [7, 11) is 1.74. The van der Waals surface area contributed by atoms with Crippen molar-refractivity contribution in [3.8, 4) is 0 Å². The van der Waals surface area contributed by atoms with Gasteiger partial charge < -0.3 is 5.32 Å². The van der Waals surface area contributed by atoms with Gasteiger partial charge in [-0.15, -0.1) is 0 Å². The van der Waals surface area contributed by atoms with E-state index >= 15 is 0 Å². The van der Waals surface area contributed by atoms with Crippen molar-refractivity contribution in [2.24, 2.45) is 0 Å². The minimum Gasteiger partial charge on any atom is -0.315 e. The molecule has 1 aromatic carbocycles. The van der Waals surface area contributed by atoms with Crippen LogP contribution in [0.25, 0.3) is 0 Å². The molecular formula is C14H21F3N2. The number of likely N-dealkylation sites (N-methyl/N-ethyl adjacent to an activating group) is 2. The number of nitrogens with zero attached hydrogens (tertiary/aromatic N) is 1. The predicted molar refractivity (Wildman–Crippen MR) is 71.0 cm³/mol. The van der Waals surface area contributed by atoms with Crippen molar-refractivity contribution < 1.29 is 13.2 Å². The van der Waals surface area contributed by atoms with Crippen LogP contribution in [-0.2, 0) is 0 Å². The minimum atomic E-state index is -4.10. The van der Waals surface area contributed by atoms with Crippen molar-refractivity contribution in [1.29, 1.82) is 0 Å². The van der Waals surface area contributed by atoms with Crippen LogP contribution in [0.5, 0.6) is 0 Å². The lowest BCUT2D eigenvalue weighted by atomic mass is 10.1. The van der Waals surface area contributed by atoms with Crippen molar-refractivity contribution in [3.05, 3.63) is 35.9 Å². The second-order valence-electron chi connectivity index (χ2n) is 4.58. The predicted octanol–water partition coefficient (Wildman–Crippen LogP) is 3.22. The summed E-state index contributed by atoms with van der Waals surface area (Å²) < 4.78 is 36.9. The number of alkyl halides is 3. The molecule has 19 heavy (non-hydrogen) atoms. The zero-order valence-corrected chi connectivity index (χ0v) is 11.4. The summed E-state index contributed by atoms with van der Waals surface area (Å²) in [5.74, 6) is 0. The quantitative estimate of drug-likeness (QED) is 0.821. The van der Waals surface area contributed by atoms with Gasteiger partial charge in [0.1, 0.15) is 0 Å². The lowest BCUT2D eigenvalue weighted by Crippen LogP contribution is -2.35. The lowest BCUT2D eigenvalue weighted by molar-refractivity contribution is -0.138. The third kappa shape index (κ3) is 6.07. The molecule has 0 radical (unpaired) electrons. The number of hydrogen-bond donors (Lipinski definition) is 1. The summed E-state index contributed by atoms with van der Waals surface area (Å²) >= 11 is 0. The monoisotopic (exact) mass is 274 g/mol. The fourth-order valence-electron chi connectivity index (χ4n) is 1.94. The topological polar surface area (TPSA) is 15.3 Å². The summed E-state index contributed by atoms with van der Waals surface area (Å²) in [5, 5.41) is 3.20. The Kier molecular flexibility index (Phi) is 6.31. The van der Waals surface area contributed by atoms with Crippen LogP contribution in [-0.4, -0.2) is 37.8 Å². The maximum Gasteiger partial charge on any atom is 0.390 e. The van der Waals surface area contributed by atoms with Gasteiger partial charge in [0.2, 0.25) is 0 Å².